The molecule has 2 aromatic rings. The van der Waals surface area contributed by atoms with E-state index in [1.165, 1.54) is 10.6 Å². The van der Waals surface area contributed by atoms with Crippen molar-refractivity contribution in [1.82, 2.24) is 9.46 Å². The number of hydrogen-bond donors (Lipinski definition) is 0. The molecular formula is C15H18N2O3S. The van der Waals surface area contributed by atoms with E-state index in [4.69, 9.17) is 4.52 Å². The lowest BCUT2D eigenvalue weighted by molar-refractivity contribution is 0.385. The summed E-state index contributed by atoms with van der Waals surface area (Å²) in [5.74, 6) is 0. The average molecular weight is 306 g/mol. The third-order valence-electron chi connectivity index (χ3n) is 3.88. The molecule has 0 atom stereocenters. The first-order valence-corrected chi connectivity index (χ1v) is 8.33. The summed E-state index contributed by atoms with van der Waals surface area (Å²) in [5.41, 5.74) is 4.38. The fraction of sp³-hybridized carbons (Fsp3) is 0.400. The lowest BCUT2D eigenvalue weighted by atomic mass is 10.1. The molecule has 0 saturated carbocycles. The molecule has 0 aliphatic carbocycles. The van der Waals surface area contributed by atoms with Gasteiger partial charge < -0.3 is 4.52 Å². The molecular weight excluding hydrogens is 288 g/mol. The van der Waals surface area contributed by atoms with Gasteiger partial charge in [-0.1, -0.05) is 22.9 Å². The minimum atomic E-state index is -3.50. The SMILES string of the molecule is Cc1cc(C)c(S(=O)(=O)N2CCc3nocc3C2)c(C)c1. The maximum Gasteiger partial charge on any atom is 0.243 e. The van der Waals surface area contributed by atoms with Gasteiger partial charge in [0.05, 0.1) is 10.6 Å². The Morgan fingerprint density at radius 2 is 1.86 bits per heavy atom. The molecule has 1 aliphatic heterocycles. The standard InChI is InChI=1S/C15H18N2O3S/c1-10-6-11(2)15(12(3)7-10)21(18,19)17-5-4-14-13(8-17)9-20-16-14/h6-7,9H,4-5,8H2,1-3H3. The Bertz CT molecular complexity index is 770. The highest BCUT2D eigenvalue weighted by atomic mass is 32.2. The molecule has 6 heteroatoms. The molecule has 1 aromatic carbocycles. The molecule has 0 bridgehead atoms. The number of benzene rings is 1. The molecule has 0 radical (unpaired) electrons. The Morgan fingerprint density at radius 1 is 1.19 bits per heavy atom. The number of aryl methyl sites for hydroxylation is 3. The molecule has 21 heavy (non-hydrogen) atoms. The molecule has 1 aliphatic rings. The van der Waals surface area contributed by atoms with Crippen LogP contribution in [0.1, 0.15) is 27.9 Å². The Kier molecular flexibility index (Phi) is 3.37. The van der Waals surface area contributed by atoms with E-state index in [0.717, 1.165) is 27.9 Å². The predicted molar refractivity (Wildman–Crippen MR) is 78.5 cm³/mol. The molecule has 1 aromatic heterocycles. The second-order valence-corrected chi connectivity index (χ2v) is 7.48. The van der Waals surface area contributed by atoms with Crippen molar-refractivity contribution in [2.75, 3.05) is 6.54 Å². The van der Waals surface area contributed by atoms with Gasteiger partial charge >= 0.3 is 0 Å². The van der Waals surface area contributed by atoms with Crippen LogP contribution in [0.15, 0.2) is 27.8 Å². The van der Waals surface area contributed by atoms with Crippen LogP contribution in [0.2, 0.25) is 0 Å². The summed E-state index contributed by atoms with van der Waals surface area (Å²) >= 11 is 0. The van der Waals surface area contributed by atoms with E-state index in [1.54, 1.807) is 0 Å². The van der Waals surface area contributed by atoms with Crippen LogP contribution in [-0.2, 0) is 23.0 Å². The van der Waals surface area contributed by atoms with E-state index in [2.05, 4.69) is 5.16 Å². The average Bonchev–Trinajstić information content (AvgIpc) is 2.83. The van der Waals surface area contributed by atoms with Gasteiger partial charge in [0.25, 0.3) is 0 Å². The van der Waals surface area contributed by atoms with Crippen LogP contribution in [0.4, 0.5) is 0 Å². The highest BCUT2D eigenvalue weighted by molar-refractivity contribution is 7.89. The lowest BCUT2D eigenvalue weighted by Crippen LogP contribution is -2.36. The van der Waals surface area contributed by atoms with Crippen molar-refractivity contribution >= 4 is 10.0 Å². The summed E-state index contributed by atoms with van der Waals surface area (Å²) in [5, 5.41) is 3.90. The van der Waals surface area contributed by atoms with Gasteiger partial charge in [-0.15, -0.1) is 0 Å². The van der Waals surface area contributed by atoms with Crippen LogP contribution < -0.4 is 0 Å². The number of rotatable bonds is 2. The van der Waals surface area contributed by atoms with Gasteiger partial charge in [0.15, 0.2) is 0 Å². The summed E-state index contributed by atoms with van der Waals surface area (Å²) in [6, 6.07) is 3.82. The van der Waals surface area contributed by atoms with Crippen LogP contribution in [0.5, 0.6) is 0 Å². The van der Waals surface area contributed by atoms with Crippen molar-refractivity contribution in [3.63, 3.8) is 0 Å². The maximum absolute atomic E-state index is 12.9. The lowest BCUT2D eigenvalue weighted by Gasteiger charge is -2.26. The molecule has 3 rings (SSSR count). The second kappa shape index (κ2) is 4.96. The van der Waals surface area contributed by atoms with Gasteiger partial charge in [0.2, 0.25) is 10.0 Å². The largest absolute Gasteiger partial charge is 0.364 e. The first-order valence-electron chi connectivity index (χ1n) is 6.89. The van der Waals surface area contributed by atoms with E-state index in [0.29, 0.717) is 24.4 Å². The number of nitrogens with zero attached hydrogens (tertiary/aromatic N) is 2. The minimum absolute atomic E-state index is 0.327. The number of sulfonamides is 1. The van der Waals surface area contributed by atoms with Crippen LogP contribution >= 0.6 is 0 Å². The van der Waals surface area contributed by atoms with Gasteiger partial charge in [-0.2, -0.15) is 4.31 Å². The van der Waals surface area contributed by atoms with Crippen molar-refractivity contribution in [3.05, 3.63) is 46.3 Å². The Balaban J connectivity index is 2.03. The zero-order valence-electron chi connectivity index (χ0n) is 12.4. The van der Waals surface area contributed by atoms with Gasteiger partial charge in [-0.3, -0.25) is 0 Å². The topological polar surface area (TPSA) is 63.4 Å². The molecule has 0 spiro atoms. The van der Waals surface area contributed by atoms with Crippen LogP contribution in [0, 0.1) is 20.8 Å². The third-order valence-corrected chi connectivity index (χ3v) is 6.03. The maximum atomic E-state index is 12.9. The molecule has 112 valence electrons. The molecule has 5 nitrogen and oxygen atoms in total. The van der Waals surface area contributed by atoms with Crippen molar-refractivity contribution in [3.8, 4) is 0 Å². The van der Waals surface area contributed by atoms with E-state index < -0.39 is 10.0 Å². The summed E-state index contributed by atoms with van der Waals surface area (Å²) in [6.07, 6.45) is 2.13. The summed E-state index contributed by atoms with van der Waals surface area (Å²) in [4.78, 5) is 0.424. The minimum Gasteiger partial charge on any atom is -0.364 e. The first kappa shape index (κ1) is 14.3. The third kappa shape index (κ3) is 2.38. The molecule has 2 heterocycles. The number of hydrogen-bond acceptors (Lipinski definition) is 4. The zero-order chi connectivity index (χ0) is 15.2. The Hall–Kier alpha value is -1.66. The smallest absolute Gasteiger partial charge is 0.243 e. The van der Waals surface area contributed by atoms with E-state index >= 15 is 0 Å². The van der Waals surface area contributed by atoms with E-state index in [9.17, 15) is 8.42 Å². The number of aromatic nitrogens is 1. The van der Waals surface area contributed by atoms with Crippen molar-refractivity contribution < 1.29 is 12.9 Å². The Labute approximate surface area is 124 Å². The van der Waals surface area contributed by atoms with Crippen LogP contribution in [0.3, 0.4) is 0 Å². The van der Waals surface area contributed by atoms with Crippen LogP contribution in [0.25, 0.3) is 0 Å². The first-order chi connectivity index (χ1) is 9.89. The van der Waals surface area contributed by atoms with Gasteiger partial charge in [-0.25, -0.2) is 8.42 Å². The molecule has 0 amide bonds. The van der Waals surface area contributed by atoms with Crippen molar-refractivity contribution in [1.29, 1.82) is 0 Å². The van der Waals surface area contributed by atoms with Gasteiger partial charge in [0, 0.05) is 25.1 Å². The fourth-order valence-electron chi connectivity index (χ4n) is 3.02. The number of fused-ring (bicyclic) bond motifs is 1. The van der Waals surface area contributed by atoms with E-state index in [1.807, 2.05) is 32.9 Å². The van der Waals surface area contributed by atoms with E-state index in [-0.39, 0.29) is 0 Å². The second-order valence-electron chi connectivity index (χ2n) is 5.60. The van der Waals surface area contributed by atoms with Crippen molar-refractivity contribution in [2.24, 2.45) is 0 Å². The molecule has 0 N–H and O–H groups in total. The normalized spacial score (nSPS) is 16.0. The highest BCUT2D eigenvalue weighted by Gasteiger charge is 2.32. The van der Waals surface area contributed by atoms with Gasteiger partial charge in [0.1, 0.15) is 6.26 Å². The fourth-order valence-corrected chi connectivity index (χ4v) is 4.85. The zero-order valence-corrected chi connectivity index (χ0v) is 13.2. The van der Waals surface area contributed by atoms with Crippen molar-refractivity contribution in [2.45, 2.75) is 38.6 Å². The molecule has 0 saturated heterocycles. The molecule has 0 fully saturated rings. The highest BCUT2D eigenvalue weighted by Crippen LogP contribution is 2.28. The summed E-state index contributed by atoms with van der Waals surface area (Å²) < 4.78 is 32.3. The summed E-state index contributed by atoms with van der Waals surface area (Å²) in [6.45, 7) is 6.44. The Morgan fingerprint density at radius 3 is 2.52 bits per heavy atom. The van der Waals surface area contributed by atoms with Crippen LogP contribution in [-0.4, -0.2) is 24.4 Å². The van der Waals surface area contributed by atoms with Gasteiger partial charge in [-0.05, 0) is 31.9 Å². The predicted octanol–water partition coefficient (Wildman–Crippen LogP) is 2.35. The molecule has 0 unspecified atom stereocenters. The summed E-state index contributed by atoms with van der Waals surface area (Å²) in [7, 11) is -3.50. The monoisotopic (exact) mass is 306 g/mol. The quantitative estimate of drug-likeness (QED) is 0.854.